The van der Waals surface area contributed by atoms with Crippen LogP contribution in [0.15, 0.2) is 58.3 Å². The molecule has 0 bridgehead atoms. The lowest BCUT2D eigenvalue weighted by Gasteiger charge is -2.44. The minimum Gasteiger partial charge on any atom is -0.472 e. The number of benzene rings is 1. The average Bonchev–Trinajstić information content (AvgIpc) is 3.58. The second kappa shape index (κ2) is 10.1. The molecule has 2 N–H and O–H groups in total. The summed E-state index contributed by atoms with van der Waals surface area (Å²) in [6.07, 6.45) is 4.01. The van der Waals surface area contributed by atoms with Gasteiger partial charge in [0.2, 0.25) is 6.35 Å². The smallest absolute Gasteiger partial charge is 0.276 e. The molecule has 4 heterocycles. The third-order valence-electron chi connectivity index (χ3n) is 6.38. The summed E-state index contributed by atoms with van der Waals surface area (Å²) in [7, 11) is 0. The van der Waals surface area contributed by atoms with E-state index in [1.165, 1.54) is 39.4 Å². The number of hydrogen-bond acceptors (Lipinski definition) is 7. The maximum absolute atomic E-state index is 14.0. The number of fused-ring (bicyclic) bond motifs is 1. The van der Waals surface area contributed by atoms with Gasteiger partial charge < -0.3 is 19.6 Å². The number of carbonyl (C=O) groups excluding carboxylic acids is 2. The summed E-state index contributed by atoms with van der Waals surface area (Å²) in [4.78, 5) is 40.3. The van der Waals surface area contributed by atoms with Crippen LogP contribution in [0, 0.1) is 11.6 Å². The Labute approximate surface area is 209 Å². The van der Waals surface area contributed by atoms with E-state index in [0.29, 0.717) is 18.2 Å². The molecule has 1 saturated heterocycles. The van der Waals surface area contributed by atoms with Gasteiger partial charge in [0.15, 0.2) is 5.43 Å². The molecule has 1 aromatic carbocycles. The fourth-order valence-corrected chi connectivity index (χ4v) is 4.44. The van der Waals surface area contributed by atoms with Gasteiger partial charge in [-0.2, -0.15) is 0 Å². The zero-order valence-electron chi connectivity index (χ0n) is 19.6. The molecule has 2 aliphatic heterocycles. The summed E-state index contributed by atoms with van der Waals surface area (Å²) in [5, 5.41) is 15.0. The Morgan fingerprint density at radius 1 is 1.19 bits per heavy atom. The lowest BCUT2D eigenvalue weighted by atomic mass is 10.1. The van der Waals surface area contributed by atoms with Crippen molar-refractivity contribution in [2.45, 2.75) is 38.4 Å². The Balaban J connectivity index is 1.46. The van der Waals surface area contributed by atoms with Gasteiger partial charge in [0.1, 0.15) is 22.9 Å². The summed E-state index contributed by atoms with van der Waals surface area (Å²) in [6.45, 7) is 0.492. The normalized spacial score (nSPS) is 19.3. The van der Waals surface area contributed by atoms with E-state index >= 15 is 0 Å². The molecule has 1 fully saturated rings. The van der Waals surface area contributed by atoms with Crippen molar-refractivity contribution in [3.05, 3.63) is 93.3 Å². The standard InChI is InChI=1S/C25H24F2N4O6/c26-17-4-3-16(20(27)8-17)10-28-23(33)19-13-30-21(9-22(19)32)24(34)29(12-18-2-1-6-37-18)25(35)31(30)11-15-5-7-36-14-15/h3-5,7-9,13-14,18,25,35H,1-2,6,10-12H2,(H,28,33)/t18-,25?/m0/s1. The summed E-state index contributed by atoms with van der Waals surface area (Å²) in [5.74, 6) is -3.01. The van der Waals surface area contributed by atoms with Crippen molar-refractivity contribution < 1.29 is 32.6 Å². The number of carbonyl (C=O) groups is 2. The van der Waals surface area contributed by atoms with E-state index in [9.17, 15) is 28.3 Å². The lowest BCUT2D eigenvalue weighted by molar-refractivity contribution is -0.0385. The summed E-state index contributed by atoms with van der Waals surface area (Å²) in [6, 6.07) is 5.65. The number of ether oxygens (including phenoxy) is 1. The van der Waals surface area contributed by atoms with Crippen LogP contribution in [-0.4, -0.2) is 52.1 Å². The first kappa shape index (κ1) is 24.7. The molecule has 2 atom stereocenters. The number of furan rings is 1. The molecule has 0 spiro atoms. The van der Waals surface area contributed by atoms with Gasteiger partial charge in [0.25, 0.3) is 11.8 Å². The summed E-state index contributed by atoms with van der Waals surface area (Å²) >= 11 is 0. The first-order valence-electron chi connectivity index (χ1n) is 11.7. The molecule has 5 rings (SSSR count). The largest absolute Gasteiger partial charge is 0.472 e. The van der Waals surface area contributed by atoms with Gasteiger partial charge in [-0.15, -0.1) is 0 Å². The quantitative estimate of drug-likeness (QED) is 0.493. The van der Waals surface area contributed by atoms with Crippen LogP contribution in [0.4, 0.5) is 8.78 Å². The van der Waals surface area contributed by atoms with E-state index in [0.717, 1.165) is 25.0 Å². The molecular formula is C25H24F2N4O6. The molecule has 0 saturated carbocycles. The van der Waals surface area contributed by atoms with E-state index < -0.39 is 35.2 Å². The van der Waals surface area contributed by atoms with Crippen molar-refractivity contribution in [2.24, 2.45) is 0 Å². The average molecular weight is 514 g/mol. The van der Waals surface area contributed by atoms with Gasteiger partial charge in [-0.1, -0.05) is 6.07 Å². The number of nitrogens with one attached hydrogen (secondary N) is 1. The number of aliphatic hydroxyl groups excluding tert-OH is 1. The topological polar surface area (TPSA) is 117 Å². The van der Waals surface area contributed by atoms with Crippen LogP contribution >= 0.6 is 0 Å². The van der Waals surface area contributed by atoms with Crippen molar-refractivity contribution in [2.75, 3.05) is 18.2 Å². The molecular weight excluding hydrogens is 490 g/mol. The summed E-state index contributed by atoms with van der Waals surface area (Å²) in [5.41, 5.74) is -0.389. The highest BCUT2D eigenvalue weighted by Gasteiger charge is 2.39. The molecule has 3 aromatic rings. The van der Waals surface area contributed by atoms with Crippen LogP contribution in [0.5, 0.6) is 0 Å². The van der Waals surface area contributed by atoms with Crippen LogP contribution in [0.3, 0.4) is 0 Å². The number of hydrogen-bond donors (Lipinski definition) is 2. The molecule has 37 heavy (non-hydrogen) atoms. The number of aliphatic hydroxyl groups is 1. The highest BCUT2D eigenvalue weighted by Crippen LogP contribution is 2.23. The zero-order chi connectivity index (χ0) is 26.1. The number of pyridine rings is 1. The van der Waals surface area contributed by atoms with Crippen molar-refractivity contribution in [1.29, 1.82) is 0 Å². The van der Waals surface area contributed by atoms with Crippen LogP contribution in [0.1, 0.15) is 44.8 Å². The number of aromatic nitrogens is 1. The van der Waals surface area contributed by atoms with Gasteiger partial charge in [0.05, 0.1) is 31.7 Å². The highest BCUT2D eigenvalue weighted by molar-refractivity contribution is 5.97. The third kappa shape index (κ3) is 4.98. The van der Waals surface area contributed by atoms with Gasteiger partial charge in [-0.3, -0.25) is 29.0 Å². The lowest BCUT2D eigenvalue weighted by Crippen LogP contribution is -2.62. The maximum Gasteiger partial charge on any atom is 0.276 e. The minimum atomic E-state index is -1.43. The molecule has 0 radical (unpaired) electrons. The fourth-order valence-electron chi connectivity index (χ4n) is 4.44. The molecule has 0 aliphatic carbocycles. The fraction of sp³-hybridized carbons (Fsp3) is 0.320. The monoisotopic (exact) mass is 514 g/mol. The van der Waals surface area contributed by atoms with Crippen LogP contribution < -0.4 is 15.8 Å². The van der Waals surface area contributed by atoms with Crippen LogP contribution in [0.25, 0.3) is 0 Å². The number of amides is 2. The predicted octanol–water partition coefficient (Wildman–Crippen LogP) is 1.70. The Kier molecular flexibility index (Phi) is 6.76. The number of halogens is 2. The molecule has 1 unspecified atom stereocenters. The molecule has 10 nitrogen and oxygen atoms in total. The van der Waals surface area contributed by atoms with Crippen LogP contribution in [0.2, 0.25) is 0 Å². The molecule has 2 amide bonds. The Bertz CT molecular complexity index is 1370. The Morgan fingerprint density at radius 2 is 2.03 bits per heavy atom. The van der Waals surface area contributed by atoms with E-state index in [1.54, 1.807) is 6.07 Å². The van der Waals surface area contributed by atoms with Gasteiger partial charge in [-0.25, -0.2) is 8.78 Å². The van der Waals surface area contributed by atoms with Crippen molar-refractivity contribution in [3.63, 3.8) is 0 Å². The Morgan fingerprint density at radius 3 is 2.73 bits per heavy atom. The molecule has 12 heteroatoms. The van der Waals surface area contributed by atoms with Gasteiger partial charge in [-0.05, 0) is 25.0 Å². The van der Waals surface area contributed by atoms with Crippen molar-refractivity contribution in [1.82, 2.24) is 14.9 Å². The van der Waals surface area contributed by atoms with E-state index in [2.05, 4.69) is 5.32 Å². The SMILES string of the molecule is O=C(NCc1ccc(F)cc1F)c1cn2c(cc1=O)C(=O)N(C[C@@H]1CCCO1)C(O)N2Cc1ccoc1. The van der Waals surface area contributed by atoms with Crippen molar-refractivity contribution in [3.8, 4) is 0 Å². The Hall–Kier alpha value is -4.03. The van der Waals surface area contributed by atoms with Gasteiger partial charge in [0, 0.05) is 42.6 Å². The van der Waals surface area contributed by atoms with E-state index in [4.69, 9.17) is 9.15 Å². The third-order valence-corrected chi connectivity index (χ3v) is 6.38. The van der Waals surface area contributed by atoms with Crippen molar-refractivity contribution >= 4 is 11.8 Å². The zero-order valence-corrected chi connectivity index (χ0v) is 19.6. The van der Waals surface area contributed by atoms with E-state index in [-0.39, 0.29) is 42.6 Å². The first-order valence-corrected chi connectivity index (χ1v) is 11.7. The second-order valence-corrected chi connectivity index (χ2v) is 8.87. The highest BCUT2D eigenvalue weighted by atomic mass is 19.1. The molecule has 2 aromatic heterocycles. The first-order chi connectivity index (χ1) is 17.8. The van der Waals surface area contributed by atoms with Crippen LogP contribution in [-0.2, 0) is 17.8 Å². The predicted molar refractivity (Wildman–Crippen MR) is 125 cm³/mol. The summed E-state index contributed by atoms with van der Waals surface area (Å²) < 4.78 is 39.1. The molecule has 2 aliphatic rings. The molecule has 194 valence electrons. The van der Waals surface area contributed by atoms with E-state index in [1.807, 2.05) is 0 Å². The number of nitrogens with zero attached hydrogens (tertiary/aromatic N) is 3. The second-order valence-electron chi connectivity index (χ2n) is 8.87. The maximum atomic E-state index is 14.0. The number of rotatable bonds is 7. The minimum absolute atomic E-state index is 0.0322. The van der Waals surface area contributed by atoms with Gasteiger partial charge >= 0.3 is 0 Å².